The largest absolute Gasteiger partial charge is 0.492 e. The van der Waals surface area contributed by atoms with Gasteiger partial charge in [-0.1, -0.05) is 35.7 Å². The van der Waals surface area contributed by atoms with E-state index in [9.17, 15) is 0 Å². The van der Waals surface area contributed by atoms with Gasteiger partial charge in [0.2, 0.25) is 0 Å². The maximum atomic E-state index is 5.79. The van der Waals surface area contributed by atoms with Crippen molar-refractivity contribution in [2.24, 2.45) is 0 Å². The van der Waals surface area contributed by atoms with E-state index in [-0.39, 0.29) is 0 Å². The van der Waals surface area contributed by atoms with Gasteiger partial charge in [0.05, 0.1) is 0 Å². The Kier molecular flexibility index (Phi) is 8.15. The molecule has 0 radical (unpaired) electrons. The first-order valence-corrected chi connectivity index (χ1v) is 8.05. The van der Waals surface area contributed by atoms with Crippen LogP contribution in [0.1, 0.15) is 40.0 Å². The predicted octanol–water partition coefficient (Wildman–Crippen LogP) is 4.73. The number of unbranched alkanes of at least 4 members (excludes halogenated alkanes) is 2. The summed E-state index contributed by atoms with van der Waals surface area (Å²) >= 11 is 3.43. The second-order valence-corrected chi connectivity index (χ2v) is 6.05. The van der Waals surface area contributed by atoms with Crippen LogP contribution in [0.3, 0.4) is 0 Å². The Morgan fingerprint density at radius 3 is 2.37 bits per heavy atom. The number of nitrogens with zero attached hydrogens (tertiary/aromatic N) is 1. The summed E-state index contributed by atoms with van der Waals surface area (Å²) in [6.07, 6.45) is 3.88. The summed E-state index contributed by atoms with van der Waals surface area (Å²) < 4.78 is 6.87. The Bertz CT molecular complexity index is 337. The lowest BCUT2D eigenvalue weighted by Gasteiger charge is -2.26. The molecule has 0 aliphatic heterocycles. The molecule has 108 valence electrons. The molecule has 0 heterocycles. The Morgan fingerprint density at radius 1 is 1.11 bits per heavy atom. The van der Waals surface area contributed by atoms with Crippen molar-refractivity contribution in [1.29, 1.82) is 0 Å². The van der Waals surface area contributed by atoms with Crippen molar-refractivity contribution in [2.45, 2.75) is 46.1 Å². The zero-order valence-electron chi connectivity index (χ0n) is 12.4. The van der Waals surface area contributed by atoms with Crippen molar-refractivity contribution in [2.75, 3.05) is 19.7 Å². The van der Waals surface area contributed by atoms with Crippen LogP contribution in [0.4, 0.5) is 0 Å². The fourth-order valence-electron chi connectivity index (χ4n) is 2.00. The van der Waals surface area contributed by atoms with Crippen molar-refractivity contribution in [3.63, 3.8) is 0 Å². The van der Waals surface area contributed by atoms with Crippen LogP contribution < -0.4 is 4.74 Å². The van der Waals surface area contributed by atoms with Crippen molar-refractivity contribution in [3.05, 3.63) is 28.7 Å². The molecule has 0 aromatic heterocycles. The first-order chi connectivity index (χ1) is 9.13. The number of hydrogen-bond donors (Lipinski definition) is 0. The number of ether oxygens (including phenoxy) is 1. The smallest absolute Gasteiger partial charge is 0.119 e. The van der Waals surface area contributed by atoms with Crippen LogP contribution >= 0.6 is 15.9 Å². The van der Waals surface area contributed by atoms with E-state index >= 15 is 0 Å². The second-order valence-electron chi connectivity index (χ2n) is 5.14. The Balaban J connectivity index is 2.29. The van der Waals surface area contributed by atoms with Gasteiger partial charge in [-0.05, 0) is 51.1 Å². The molecule has 1 aromatic carbocycles. The number of hydrogen-bond acceptors (Lipinski definition) is 2. The fraction of sp³-hybridized carbons (Fsp3) is 0.625. The lowest BCUT2D eigenvalue weighted by atomic mass is 10.2. The minimum atomic E-state index is 0.588. The van der Waals surface area contributed by atoms with E-state index in [4.69, 9.17) is 4.74 Å². The predicted molar refractivity (Wildman–Crippen MR) is 85.9 cm³/mol. The third-order valence-corrected chi connectivity index (χ3v) is 3.77. The van der Waals surface area contributed by atoms with Gasteiger partial charge in [0.25, 0.3) is 0 Å². The van der Waals surface area contributed by atoms with Crippen molar-refractivity contribution >= 4 is 15.9 Å². The van der Waals surface area contributed by atoms with E-state index in [1.807, 2.05) is 24.3 Å². The lowest BCUT2D eigenvalue weighted by molar-refractivity contribution is 0.173. The lowest BCUT2D eigenvalue weighted by Crippen LogP contribution is -2.35. The number of halogens is 1. The second kappa shape index (κ2) is 9.38. The van der Waals surface area contributed by atoms with Crippen LogP contribution in [0.25, 0.3) is 0 Å². The molecule has 0 unspecified atom stereocenters. The molecular weight excluding hydrogens is 302 g/mol. The van der Waals surface area contributed by atoms with Gasteiger partial charge in [-0.3, -0.25) is 4.90 Å². The molecule has 0 aliphatic carbocycles. The topological polar surface area (TPSA) is 12.5 Å². The third kappa shape index (κ3) is 6.98. The SMILES string of the molecule is CCCCCN(CCOc1ccc(Br)cc1)C(C)C. The van der Waals surface area contributed by atoms with E-state index in [0.29, 0.717) is 6.04 Å². The summed E-state index contributed by atoms with van der Waals surface area (Å²) in [6.45, 7) is 9.69. The molecule has 0 spiro atoms. The molecule has 0 saturated carbocycles. The van der Waals surface area contributed by atoms with E-state index in [1.165, 1.54) is 25.8 Å². The molecule has 2 nitrogen and oxygen atoms in total. The minimum absolute atomic E-state index is 0.588. The Morgan fingerprint density at radius 2 is 1.79 bits per heavy atom. The van der Waals surface area contributed by atoms with Crippen LogP contribution in [-0.4, -0.2) is 30.6 Å². The summed E-state index contributed by atoms with van der Waals surface area (Å²) in [6, 6.07) is 8.61. The van der Waals surface area contributed by atoms with E-state index in [1.54, 1.807) is 0 Å². The molecule has 19 heavy (non-hydrogen) atoms. The summed E-state index contributed by atoms with van der Waals surface area (Å²) in [5, 5.41) is 0. The first-order valence-electron chi connectivity index (χ1n) is 7.26. The van der Waals surface area contributed by atoms with Crippen molar-refractivity contribution in [3.8, 4) is 5.75 Å². The van der Waals surface area contributed by atoms with Crippen LogP contribution in [0.5, 0.6) is 5.75 Å². The number of rotatable bonds is 9. The Labute approximate surface area is 126 Å². The number of benzene rings is 1. The van der Waals surface area contributed by atoms with Gasteiger partial charge >= 0.3 is 0 Å². The van der Waals surface area contributed by atoms with Gasteiger partial charge < -0.3 is 4.74 Å². The molecule has 0 atom stereocenters. The molecule has 0 N–H and O–H groups in total. The van der Waals surface area contributed by atoms with Gasteiger partial charge in [0, 0.05) is 17.1 Å². The summed E-state index contributed by atoms with van der Waals surface area (Å²) in [5.41, 5.74) is 0. The summed E-state index contributed by atoms with van der Waals surface area (Å²) in [7, 11) is 0. The highest BCUT2D eigenvalue weighted by Gasteiger charge is 2.08. The molecule has 0 bridgehead atoms. The maximum Gasteiger partial charge on any atom is 0.119 e. The van der Waals surface area contributed by atoms with Gasteiger partial charge in [0.1, 0.15) is 12.4 Å². The highest BCUT2D eigenvalue weighted by Crippen LogP contribution is 2.16. The van der Waals surface area contributed by atoms with Gasteiger partial charge in [0.15, 0.2) is 0 Å². The van der Waals surface area contributed by atoms with Crippen LogP contribution in [-0.2, 0) is 0 Å². The Hall–Kier alpha value is -0.540. The van der Waals surface area contributed by atoms with Crippen LogP contribution in [0.2, 0.25) is 0 Å². The minimum Gasteiger partial charge on any atom is -0.492 e. The zero-order chi connectivity index (χ0) is 14.1. The average molecular weight is 328 g/mol. The van der Waals surface area contributed by atoms with Crippen LogP contribution in [0.15, 0.2) is 28.7 Å². The summed E-state index contributed by atoms with van der Waals surface area (Å²) in [5.74, 6) is 0.945. The molecule has 1 aromatic rings. The quantitative estimate of drug-likeness (QED) is 0.608. The van der Waals surface area contributed by atoms with Gasteiger partial charge in [-0.25, -0.2) is 0 Å². The molecule has 1 rings (SSSR count). The zero-order valence-corrected chi connectivity index (χ0v) is 13.9. The monoisotopic (exact) mass is 327 g/mol. The standard InChI is InChI=1S/C16H26BrNO/c1-4-5-6-11-18(14(2)3)12-13-19-16-9-7-15(17)8-10-16/h7-10,14H,4-6,11-13H2,1-3H3. The molecule has 0 aliphatic rings. The molecular formula is C16H26BrNO. The molecule has 0 saturated heterocycles. The van der Waals surface area contributed by atoms with Crippen LogP contribution in [0, 0.1) is 0 Å². The normalized spacial score (nSPS) is 11.3. The highest BCUT2D eigenvalue weighted by atomic mass is 79.9. The van der Waals surface area contributed by atoms with Crippen molar-refractivity contribution in [1.82, 2.24) is 4.90 Å². The van der Waals surface area contributed by atoms with Gasteiger partial charge in [-0.15, -0.1) is 0 Å². The molecule has 0 amide bonds. The summed E-state index contributed by atoms with van der Waals surface area (Å²) in [4.78, 5) is 2.49. The maximum absolute atomic E-state index is 5.79. The molecule has 3 heteroatoms. The van der Waals surface area contributed by atoms with E-state index in [0.717, 1.165) is 23.4 Å². The van der Waals surface area contributed by atoms with E-state index in [2.05, 4.69) is 41.6 Å². The fourth-order valence-corrected chi connectivity index (χ4v) is 2.27. The van der Waals surface area contributed by atoms with Crippen molar-refractivity contribution < 1.29 is 4.74 Å². The van der Waals surface area contributed by atoms with Gasteiger partial charge in [-0.2, -0.15) is 0 Å². The molecule has 0 fully saturated rings. The third-order valence-electron chi connectivity index (χ3n) is 3.24. The average Bonchev–Trinajstić information content (AvgIpc) is 2.39. The highest BCUT2D eigenvalue weighted by molar-refractivity contribution is 9.10. The van der Waals surface area contributed by atoms with E-state index < -0.39 is 0 Å². The first kappa shape index (κ1) is 16.5.